The van der Waals surface area contributed by atoms with E-state index in [4.69, 9.17) is 0 Å². The molecule has 0 aromatic heterocycles. The maximum atomic E-state index is 15.4. The van der Waals surface area contributed by atoms with E-state index in [0.717, 1.165) is 5.82 Å². The highest BCUT2D eigenvalue weighted by Crippen LogP contribution is 2.67. The highest BCUT2D eigenvalue weighted by molar-refractivity contribution is 7.62. The van der Waals surface area contributed by atoms with Gasteiger partial charge in [-0.05, 0) is 86.6 Å². The average Bonchev–Trinajstić information content (AvgIpc) is 3.10. The molecule has 4 rings (SSSR count). The largest absolute Gasteiger partial charge is 0.416 e. The molecular formula is C39H32BF18P. The molecule has 0 N–H and O–H groups in total. The minimum atomic E-state index is -6.16. The van der Waals surface area contributed by atoms with Gasteiger partial charge in [0, 0.05) is 13.5 Å². The van der Waals surface area contributed by atoms with Crippen LogP contribution in [0.2, 0.25) is 0 Å². The van der Waals surface area contributed by atoms with Gasteiger partial charge in [-0.15, -0.1) is 22.3 Å². The van der Waals surface area contributed by atoms with Crippen LogP contribution in [0.3, 0.4) is 0 Å². The van der Waals surface area contributed by atoms with Crippen LogP contribution in [0.15, 0.2) is 24.3 Å². The Balaban J connectivity index is 0.000000615. The monoisotopic (exact) mass is 884 g/mol. The van der Waals surface area contributed by atoms with Crippen molar-refractivity contribution < 1.29 is 79.0 Å². The number of benzene rings is 4. The second-order valence-electron chi connectivity index (χ2n) is 16.3. The van der Waals surface area contributed by atoms with Gasteiger partial charge in [-0.25, -0.2) is 65.9 Å². The van der Waals surface area contributed by atoms with E-state index in [0.29, 0.717) is 27.6 Å². The lowest BCUT2D eigenvalue weighted by molar-refractivity contribution is -0.137. The lowest BCUT2D eigenvalue weighted by atomic mass is 9.15. The molecule has 0 aliphatic heterocycles. The predicted octanol–water partition coefficient (Wildman–Crippen LogP) is 11.4. The summed E-state index contributed by atoms with van der Waals surface area (Å²) in [6.45, 7) is 21.6. The van der Waals surface area contributed by atoms with Crippen molar-refractivity contribution in [2.24, 2.45) is 0 Å². The SMILES string of the molecule is CC(C)(C)[PH+](C(C)(C)C)C(C)(C)C.Fc1c(F)c(F)c([B-](C#Cc2ccc(C(F)(F)F)cc2)(c2c(F)c(F)c(F)c(F)c2F)c2c(F)c(F)c(F)c(F)c2F)c(F)c1F. The van der Waals surface area contributed by atoms with E-state index < -0.39 is 135 Å². The van der Waals surface area contributed by atoms with E-state index in [9.17, 15) is 52.7 Å². The molecule has 0 fully saturated rings. The summed E-state index contributed by atoms with van der Waals surface area (Å²) in [5.74, 6) is -45.5. The minimum absolute atomic E-state index is 0.188. The third-order valence-electron chi connectivity index (χ3n) is 8.93. The van der Waals surface area contributed by atoms with E-state index >= 15 is 26.3 Å². The quantitative estimate of drug-likeness (QED) is 0.0480. The van der Waals surface area contributed by atoms with Crippen molar-refractivity contribution in [3.63, 3.8) is 0 Å². The summed E-state index contributed by atoms with van der Waals surface area (Å²) in [5, 5.41) is 1.46. The molecule has 0 amide bonds. The van der Waals surface area contributed by atoms with E-state index in [1.165, 1.54) is 5.92 Å². The zero-order chi connectivity index (χ0) is 45.9. The first-order chi connectivity index (χ1) is 26.6. The van der Waals surface area contributed by atoms with E-state index in [1.807, 2.05) is 0 Å². The number of hydrogen-bond donors (Lipinski definition) is 0. The molecule has 0 radical (unpaired) electrons. The summed E-state index contributed by atoms with van der Waals surface area (Å²) < 4.78 is 260. The molecule has 0 aliphatic carbocycles. The number of hydrogen-bond acceptors (Lipinski definition) is 0. The maximum absolute atomic E-state index is 15.4. The average molecular weight is 884 g/mol. The summed E-state index contributed by atoms with van der Waals surface area (Å²) in [4.78, 5) is 0. The third kappa shape index (κ3) is 9.07. The first-order valence-corrected chi connectivity index (χ1v) is 18.4. The lowest BCUT2D eigenvalue weighted by Crippen LogP contribution is -2.72. The Kier molecular flexibility index (Phi) is 13.8. The summed E-state index contributed by atoms with van der Waals surface area (Å²) in [7, 11) is -0.391. The van der Waals surface area contributed by atoms with Crippen LogP contribution in [-0.2, 0) is 6.18 Å². The second kappa shape index (κ2) is 16.6. The van der Waals surface area contributed by atoms with Crippen LogP contribution < -0.4 is 16.4 Å². The fourth-order valence-electron chi connectivity index (χ4n) is 7.96. The van der Waals surface area contributed by atoms with E-state index in [1.54, 1.807) is 0 Å². The van der Waals surface area contributed by atoms with Crippen LogP contribution in [0.1, 0.15) is 73.4 Å². The number of halogens is 18. The first-order valence-electron chi connectivity index (χ1n) is 16.9. The molecule has 0 aliphatic rings. The first kappa shape index (κ1) is 49.0. The molecule has 0 saturated heterocycles. The van der Waals surface area contributed by atoms with E-state index in [2.05, 4.69) is 62.3 Å². The van der Waals surface area contributed by atoms with Crippen molar-refractivity contribution >= 4 is 30.5 Å². The van der Waals surface area contributed by atoms with Crippen molar-refractivity contribution in [3.05, 3.63) is 123 Å². The van der Waals surface area contributed by atoms with Crippen LogP contribution in [0.4, 0.5) is 79.0 Å². The molecule has 0 saturated carbocycles. The van der Waals surface area contributed by atoms with Crippen LogP contribution in [0.5, 0.6) is 0 Å². The molecular weight excluding hydrogens is 852 g/mol. The molecule has 4 aromatic carbocycles. The normalized spacial score (nSPS) is 12.7. The predicted molar refractivity (Wildman–Crippen MR) is 189 cm³/mol. The molecule has 322 valence electrons. The second-order valence-corrected chi connectivity index (χ2v) is 21.5. The molecule has 0 heterocycles. The van der Waals surface area contributed by atoms with Crippen molar-refractivity contribution in [1.82, 2.24) is 0 Å². The Morgan fingerprint density at radius 3 is 0.780 bits per heavy atom. The highest BCUT2D eigenvalue weighted by atomic mass is 31.1. The summed E-state index contributed by atoms with van der Waals surface area (Å²) in [5.41, 5.74) is -11.3. The standard InChI is InChI=1S/C27H4BF18.C12H27P/c29-12-9(13(30)19(36)24(41)18(12)35)28(10-14(31)20(37)25(42)21(38)15(10)32,11-16(33)22(39)26(43)23(40)17(11)34)6-5-7-1-3-8(4-2-7)27(44,45)46;1-10(2,3)13(11(4,5)6)12(7,8)9/h1-4H;1-9H3/q-1;/p+1. The summed E-state index contributed by atoms with van der Waals surface area (Å²) in [6, 6.07) is 1.03. The van der Waals surface area contributed by atoms with Crippen molar-refractivity contribution in [2.45, 2.75) is 84.0 Å². The zero-order valence-corrected chi connectivity index (χ0v) is 33.2. The molecule has 20 heteroatoms. The van der Waals surface area contributed by atoms with Crippen LogP contribution in [0, 0.1) is 99.0 Å². The van der Waals surface area contributed by atoms with Crippen molar-refractivity contribution in [2.75, 3.05) is 0 Å². The van der Waals surface area contributed by atoms with Gasteiger partial charge in [-0.2, -0.15) is 13.2 Å². The molecule has 59 heavy (non-hydrogen) atoms. The van der Waals surface area contributed by atoms with E-state index in [-0.39, 0.29) is 12.1 Å². The maximum Gasteiger partial charge on any atom is 0.416 e. The van der Waals surface area contributed by atoms with Gasteiger partial charge < -0.3 is 0 Å². The van der Waals surface area contributed by atoms with Crippen LogP contribution in [-0.4, -0.2) is 21.6 Å². The van der Waals surface area contributed by atoms with Gasteiger partial charge in [0.15, 0.2) is 58.5 Å². The molecule has 4 aromatic rings. The molecule has 0 spiro atoms. The van der Waals surface area contributed by atoms with Gasteiger partial charge in [0.1, 0.15) is 34.9 Å². The van der Waals surface area contributed by atoms with Gasteiger partial charge in [0.25, 0.3) is 0 Å². The lowest BCUT2D eigenvalue weighted by Gasteiger charge is -2.42. The topological polar surface area (TPSA) is 0 Å². The van der Waals surface area contributed by atoms with Gasteiger partial charge in [0.2, 0.25) is 0 Å². The Morgan fingerprint density at radius 1 is 0.373 bits per heavy atom. The third-order valence-corrected chi connectivity index (χ3v) is 13.4. The van der Waals surface area contributed by atoms with Gasteiger partial charge in [0.05, 0.1) is 21.0 Å². The molecule has 0 nitrogen and oxygen atoms in total. The summed E-state index contributed by atoms with van der Waals surface area (Å²) in [6.07, 6.45) is -11.2. The zero-order valence-electron chi connectivity index (χ0n) is 32.2. The summed E-state index contributed by atoms with van der Waals surface area (Å²) >= 11 is 0. The fourth-order valence-corrected chi connectivity index (χ4v) is 14.7. The Bertz CT molecular complexity index is 2050. The highest BCUT2D eigenvalue weighted by Gasteiger charge is 2.50. The minimum Gasteiger partial charge on any atom is -0.291 e. The van der Waals surface area contributed by atoms with Crippen molar-refractivity contribution in [3.8, 4) is 11.7 Å². The smallest absolute Gasteiger partial charge is 0.291 e. The van der Waals surface area contributed by atoms with Gasteiger partial charge in [-0.3, -0.25) is 5.82 Å². The van der Waals surface area contributed by atoms with Crippen LogP contribution >= 0.6 is 7.92 Å². The van der Waals surface area contributed by atoms with Gasteiger partial charge in [-0.1, -0.05) is 0 Å². The molecule has 0 unspecified atom stereocenters. The van der Waals surface area contributed by atoms with Crippen molar-refractivity contribution in [1.29, 1.82) is 0 Å². The van der Waals surface area contributed by atoms with Crippen LogP contribution in [0.25, 0.3) is 0 Å². The molecule has 0 atom stereocenters. The fraction of sp³-hybridized carbons (Fsp3) is 0.333. The Morgan fingerprint density at radius 2 is 0.593 bits per heavy atom. The Labute approximate surface area is 327 Å². The Hall–Kier alpha value is -4.33. The van der Waals surface area contributed by atoms with Gasteiger partial charge >= 0.3 is 6.18 Å². The number of alkyl halides is 3. The number of rotatable bonds is 3. The molecule has 0 bridgehead atoms.